The topological polar surface area (TPSA) is 69.3 Å². The van der Waals surface area contributed by atoms with Crippen molar-refractivity contribution in [3.8, 4) is 11.5 Å². The molecule has 0 atom stereocenters. The predicted molar refractivity (Wildman–Crippen MR) is 93.1 cm³/mol. The number of benzene rings is 1. The number of carbonyl (C=O) groups is 1. The van der Waals surface area contributed by atoms with Gasteiger partial charge >= 0.3 is 0 Å². The van der Waals surface area contributed by atoms with E-state index in [1.807, 2.05) is 23.1 Å². The first-order valence-corrected chi connectivity index (χ1v) is 8.67. The number of likely N-dealkylation sites (tertiary alicyclic amines) is 1. The summed E-state index contributed by atoms with van der Waals surface area (Å²) in [6, 6.07) is 5.54. The molecule has 0 saturated carbocycles. The Labute approximate surface area is 148 Å². The van der Waals surface area contributed by atoms with Crippen LogP contribution in [0.5, 0.6) is 11.5 Å². The fourth-order valence-corrected chi connectivity index (χ4v) is 3.30. The molecule has 2 fully saturated rings. The summed E-state index contributed by atoms with van der Waals surface area (Å²) in [5.74, 6) is 1.17. The molecule has 0 aromatic heterocycles. The van der Waals surface area contributed by atoms with Crippen molar-refractivity contribution < 1.29 is 23.7 Å². The Morgan fingerprint density at radius 2 is 1.92 bits per heavy atom. The van der Waals surface area contributed by atoms with Gasteiger partial charge in [0.15, 0.2) is 5.79 Å². The van der Waals surface area contributed by atoms with Crippen LogP contribution in [0, 0.1) is 0 Å². The minimum atomic E-state index is -0.441. The zero-order valence-corrected chi connectivity index (χ0v) is 14.9. The number of ether oxygens (including phenoxy) is 4. The van der Waals surface area contributed by atoms with Gasteiger partial charge in [0.1, 0.15) is 11.5 Å². The molecule has 1 N–H and O–H groups in total. The Hall–Kier alpha value is -1.99. The van der Waals surface area contributed by atoms with Crippen LogP contribution >= 0.6 is 0 Å². The molecule has 25 heavy (non-hydrogen) atoms. The molecule has 0 aliphatic carbocycles. The molecule has 1 aromatic rings. The summed E-state index contributed by atoms with van der Waals surface area (Å²) in [4.78, 5) is 14.3. The highest BCUT2D eigenvalue weighted by Gasteiger charge is 2.40. The van der Waals surface area contributed by atoms with Crippen LogP contribution in [0.25, 0.3) is 0 Å². The highest BCUT2D eigenvalue weighted by molar-refractivity contribution is 5.77. The first-order valence-electron chi connectivity index (χ1n) is 8.67. The highest BCUT2D eigenvalue weighted by atomic mass is 16.7. The number of methoxy groups -OCH3 is 2. The maximum atomic E-state index is 12.4. The average molecular weight is 350 g/mol. The Bertz CT molecular complexity index is 591. The van der Waals surface area contributed by atoms with Crippen LogP contribution in [0.2, 0.25) is 0 Å². The van der Waals surface area contributed by atoms with Crippen molar-refractivity contribution in [2.75, 3.05) is 52.4 Å². The lowest BCUT2D eigenvalue weighted by atomic mass is 10.0. The first-order chi connectivity index (χ1) is 12.2. The lowest BCUT2D eigenvalue weighted by molar-refractivity contribution is -0.187. The standard InChI is InChI=1S/C18H26N2O5/c1-22-14-3-4-16(23-2)15(13-14)19-8-5-17(21)20-9-6-18(7-10-20)24-11-12-25-18/h3-4,13,19H,5-12H2,1-2H3. The van der Waals surface area contributed by atoms with E-state index in [-0.39, 0.29) is 5.91 Å². The van der Waals surface area contributed by atoms with Crippen LogP contribution in [-0.4, -0.2) is 63.7 Å². The van der Waals surface area contributed by atoms with E-state index in [4.69, 9.17) is 18.9 Å². The number of amides is 1. The molecule has 0 bridgehead atoms. The van der Waals surface area contributed by atoms with Gasteiger partial charge in [0.05, 0.1) is 33.1 Å². The van der Waals surface area contributed by atoms with Crippen molar-refractivity contribution in [1.29, 1.82) is 0 Å². The number of hydrogen-bond donors (Lipinski definition) is 1. The third-order valence-corrected chi connectivity index (χ3v) is 4.75. The maximum absolute atomic E-state index is 12.4. The van der Waals surface area contributed by atoms with Crippen molar-refractivity contribution in [2.24, 2.45) is 0 Å². The van der Waals surface area contributed by atoms with E-state index < -0.39 is 5.79 Å². The number of carbonyl (C=O) groups excluding carboxylic acids is 1. The Kier molecular flexibility index (Phi) is 5.65. The second-order valence-corrected chi connectivity index (χ2v) is 6.23. The van der Waals surface area contributed by atoms with Crippen LogP contribution in [0.1, 0.15) is 19.3 Å². The van der Waals surface area contributed by atoms with Gasteiger partial charge in [0.2, 0.25) is 5.91 Å². The van der Waals surface area contributed by atoms with Gasteiger partial charge in [0.25, 0.3) is 0 Å². The van der Waals surface area contributed by atoms with E-state index in [0.29, 0.717) is 39.3 Å². The van der Waals surface area contributed by atoms with Crippen LogP contribution < -0.4 is 14.8 Å². The van der Waals surface area contributed by atoms with Crippen molar-refractivity contribution in [3.05, 3.63) is 18.2 Å². The molecule has 1 aromatic carbocycles. The quantitative estimate of drug-likeness (QED) is 0.845. The number of nitrogens with zero attached hydrogens (tertiary/aromatic N) is 1. The fraction of sp³-hybridized carbons (Fsp3) is 0.611. The van der Waals surface area contributed by atoms with Crippen molar-refractivity contribution >= 4 is 11.6 Å². The van der Waals surface area contributed by atoms with Gasteiger partial charge in [-0.05, 0) is 12.1 Å². The number of anilines is 1. The van der Waals surface area contributed by atoms with Crippen molar-refractivity contribution in [3.63, 3.8) is 0 Å². The minimum absolute atomic E-state index is 0.141. The molecule has 1 amide bonds. The molecular weight excluding hydrogens is 324 g/mol. The summed E-state index contributed by atoms with van der Waals surface area (Å²) in [6.07, 6.45) is 1.92. The molecule has 138 valence electrons. The maximum Gasteiger partial charge on any atom is 0.224 e. The summed E-state index contributed by atoms with van der Waals surface area (Å²) in [7, 11) is 3.24. The average Bonchev–Trinajstić information content (AvgIpc) is 3.10. The Morgan fingerprint density at radius 1 is 1.20 bits per heavy atom. The molecule has 1 spiro atoms. The van der Waals surface area contributed by atoms with Gasteiger partial charge in [-0.1, -0.05) is 0 Å². The molecule has 2 heterocycles. The van der Waals surface area contributed by atoms with Gasteiger partial charge in [-0.25, -0.2) is 0 Å². The van der Waals surface area contributed by atoms with Crippen LogP contribution in [-0.2, 0) is 14.3 Å². The summed E-state index contributed by atoms with van der Waals surface area (Å²) >= 11 is 0. The van der Waals surface area contributed by atoms with Crippen LogP contribution in [0.15, 0.2) is 18.2 Å². The van der Waals surface area contributed by atoms with Crippen LogP contribution in [0.3, 0.4) is 0 Å². The molecule has 3 rings (SSSR count). The predicted octanol–water partition coefficient (Wildman–Crippen LogP) is 1.87. The molecular formula is C18H26N2O5. The molecule has 2 saturated heterocycles. The van der Waals surface area contributed by atoms with E-state index in [2.05, 4.69) is 5.32 Å². The van der Waals surface area contributed by atoms with Gasteiger partial charge in [-0.3, -0.25) is 4.79 Å². The summed E-state index contributed by atoms with van der Waals surface area (Å²) in [5.41, 5.74) is 0.819. The second kappa shape index (κ2) is 7.93. The summed E-state index contributed by atoms with van der Waals surface area (Å²) < 4.78 is 22.0. The zero-order chi connectivity index (χ0) is 17.7. The highest BCUT2D eigenvalue weighted by Crippen LogP contribution is 2.31. The number of rotatable bonds is 6. The Balaban J connectivity index is 1.47. The van der Waals surface area contributed by atoms with Crippen LogP contribution in [0.4, 0.5) is 5.69 Å². The smallest absolute Gasteiger partial charge is 0.224 e. The Morgan fingerprint density at radius 3 is 2.56 bits per heavy atom. The monoisotopic (exact) mass is 350 g/mol. The first kappa shape index (κ1) is 17.8. The summed E-state index contributed by atoms with van der Waals surface area (Å²) in [6.45, 7) is 3.21. The van der Waals surface area contributed by atoms with Gasteiger partial charge in [-0.15, -0.1) is 0 Å². The van der Waals surface area contributed by atoms with Crippen molar-refractivity contribution in [1.82, 2.24) is 4.90 Å². The van der Waals surface area contributed by atoms with E-state index in [0.717, 1.165) is 30.0 Å². The van der Waals surface area contributed by atoms with E-state index in [1.165, 1.54) is 0 Å². The van der Waals surface area contributed by atoms with Gasteiger partial charge in [0, 0.05) is 45.0 Å². The van der Waals surface area contributed by atoms with Gasteiger partial charge < -0.3 is 29.2 Å². The number of nitrogens with one attached hydrogen (secondary N) is 1. The van der Waals surface area contributed by atoms with Gasteiger partial charge in [-0.2, -0.15) is 0 Å². The molecule has 0 radical (unpaired) electrons. The second-order valence-electron chi connectivity index (χ2n) is 6.23. The zero-order valence-electron chi connectivity index (χ0n) is 14.9. The molecule has 7 heteroatoms. The lowest BCUT2D eigenvalue weighted by Crippen LogP contribution is -2.47. The molecule has 2 aliphatic heterocycles. The normalized spacial score (nSPS) is 19.0. The summed E-state index contributed by atoms with van der Waals surface area (Å²) in [5, 5.41) is 3.26. The lowest BCUT2D eigenvalue weighted by Gasteiger charge is -2.37. The third-order valence-electron chi connectivity index (χ3n) is 4.75. The third kappa shape index (κ3) is 4.16. The fourth-order valence-electron chi connectivity index (χ4n) is 3.30. The minimum Gasteiger partial charge on any atom is -0.497 e. The van der Waals surface area contributed by atoms with E-state index in [9.17, 15) is 4.79 Å². The number of hydrogen-bond acceptors (Lipinski definition) is 6. The van der Waals surface area contributed by atoms with Crippen molar-refractivity contribution in [2.45, 2.75) is 25.0 Å². The molecule has 0 unspecified atom stereocenters. The SMILES string of the molecule is COc1ccc(OC)c(NCCC(=O)N2CCC3(CC2)OCCO3)c1. The molecule has 7 nitrogen and oxygen atoms in total. The molecule has 2 aliphatic rings. The largest absolute Gasteiger partial charge is 0.497 e. The van der Waals surface area contributed by atoms with E-state index >= 15 is 0 Å². The van der Waals surface area contributed by atoms with E-state index in [1.54, 1.807) is 14.2 Å². The number of piperidine rings is 1.